The van der Waals surface area contributed by atoms with E-state index in [-0.39, 0.29) is 18.1 Å². The van der Waals surface area contributed by atoms with Crippen molar-refractivity contribution >= 4 is 51.6 Å². The molecular formula is C34H34FN3O4S2. The number of halogens is 1. The average Bonchev–Trinajstić information content (AvgIpc) is 3.37. The van der Waals surface area contributed by atoms with Crippen molar-refractivity contribution < 1.29 is 23.5 Å². The number of benzene rings is 3. The fourth-order valence-corrected chi connectivity index (χ4v) is 7.40. The van der Waals surface area contributed by atoms with E-state index in [1.165, 1.54) is 46.9 Å². The predicted octanol–water partition coefficient (Wildman–Crippen LogP) is 7.38. The number of rotatable bonds is 11. The lowest BCUT2D eigenvalue weighted by atomic mass is 10.0. The number of ether oxygens (including phenoxy) is 1. The van der Waals surface area contributed by atoms with Crippen molar-refractivity contribution in [2.24, 2.45) is 0 Å². The Morgan fingerprint density at radius 3 is 2.52 bits per heavy atom. The highest BCUT2D eigenvalue weighted by Crippen LogP contribution is 2.39. The van der Waals surface area contributed by atoms with Crippen molar-refractivity contribution in [1.29, 1.82) is 0 Å². The summed E-state index contributed by atoms with van der Waals surface area (Å²) in [6.45, 7) is 6.24. The standard InChI is InChI=1S/C34H34FN3O4S2/c1-3-28(43-24-14-10-13-23(19-24)36-31(39)25-15-8-9-16-27(25)35)32(40)37-33-30(34(41)42-4-2)26-17-18-38(21-29(26)44-33)20-22-11-6-5-7-12-22/h5-16,19,28H,3-4,17-18,20-21H2,1-2H3,(H,36,39)(H,37,40). The van der Waals surface area contributed by atoms with E-state index in [4.69, 9.17) is 4.74 Å². The molecule has 44 heavy (non-hydrogen) atoms. The summed E-state index contributed by atoms with van der Waals surface area (Å²) in [6.07, 6.45) is 1.23. The Bertz CT molecular complexity index is 1640. The van der Waals surface area contributed by atoms with Crippen LogP contribution in [0.2, 0.25) is 0 Å². The molecule has 0 fully saturated rings. The Morgan fingerprint density at radius 2 is 1.77 bits per heavy atom. The van der Waals surface area contributed by atoms with E-state index in [0.717, 1.165) is 28.4 Å². The first kappa shape index (κ1) is 31.4. The number of carbonyl (C=O) groups is 3. The lowest BCUT2D eigenvalue weighted by Crippen LogP contribution is -2.30. The molecule has 1 atom stereocenters. The van der Waals surface area contributed by atoms with E-state index in [2.05, 4.69) is 27.7 Å². The summed E-state index contributed by atoms with van der Waals surface area (Å²) >= 11 is 2.80. The van der Waals surface area contributed by atoms with Crippen LogP contribution in [0, 0.1) is 5.82 Å². The van der Waals surface area contributed by atoms with E-state index in [1.54, 1.807) is 31.2 Å². The third-order valence-electron chi connectivity index (χ3n) is 7.25. The van der Waals surface area contributed by atoms with Crippen molar-refractivity contribution in [2.75, 3.05) is 23.8 Å². The molecule has 4 aromatic rings. The first-order valence-corrected chi connectivity index (χ1v) is 16.3. The second-order valence-corrected chi connectivity index (χ2v) is 12.7. The Balaban J connectivity index is 1.30. The van der Waals surface area contributed by atoms with Crippen molar-refractivity contribution in [3.63, 3.8) is 0 Å². The summed E-state index contributed by atoms with van der Waals surface area (Å²) in [7, 11) is 0. The monoisotopic (exact) mass is 631 g/mol. The van der Waals surface area contributed by atoms with Gasteiger partial charge in [0.2, 0.25) is 5.91 Å². The van der Waals surface area contributed by atoms with Gasteiger partial charge in [-0.1, -0.05) is 55.5 Å². The van der Waals surface area contributed by atoms with Crippen molar-refractivity contribution in [2.45, 2.75) is 49.9 Å². The zero-order chi connectivity index (χ0) is 31.1. The lowest BCUT2D eigenvalue weighted by Gasteiger charge is -2.27. The molecule has 3 aromatic carbocycles. The van der Waals surface area contributed by atoms with E-state index in [1.807, 2.05) is 31.2 Å². The number of anilines is 2. The molecule has 1 aliphatic heterocycles. The molecule has 1 unspecified atom stereocenters. The van der Waals surface area contributed by atoms with Gasteiger partial charge in [-0.3, -0.25) is 14.5 Å². The average molecular weight is 632 g/mol. The number of esters is 1. The topological polar surface area (TPSA) is 87.7 Å². The van der Waals surface area contributed by atoms with Crippen LogP contribution in [0.3, 0.4) is 0 Å². The van der Waals surface area contributed by atoms with Crippen molar-refractivity contribution in [3.05, 3.63) is 112 Å². The minimum absolute atomic E-state index is 0.0457. The molecule has 2 amide bonds. The summed E-state index contributed by atoms with van der Waals surface area (Å²) in [5.41, 5.74) is 3.08. The van der Waals surface area contributed by atoms with Gasteiger partial charge in [-0.2, -0.15) is 0 Å². The molecule has 1 aromatic heterocycles. The zero-order valence-corrected chi connectivity index (χ0v) is 26.2. The first-order chi connectivity index (χ1) is 21.4. The number of carbonyl (C=O) groups excluding carboxylic acids is 3. The number of hydrogen-bond acceptors (Lipinski definition) is 7. The minimum Gasteiger partial charge on any atom is -0.462 e. The van der Waals surface area contributed by atoms with E-state index >= 15 is 0 Å². The molecule has 1 aliphatic rings. The van der Waals surface area contributed by atoms with Crippen LogP contribution in [0.5, 0.6) is 0 Å². The Hall–Kier alpha value is -3.99. The van der Waals surface area contributed by atoms with Crippen molar-refractivity contribution in [1.82, 2.24) is 4.90 Å². The SMILES string of the molecule is CCOC(=O)c1c(NC(=O)C(CC)Sc2cccc(NC(=O)c3ccccc3F)c2)sc2c1CCN(Cc1ccccc1)C2. The molecule has 0 saturated heterocycles. The number of fused-ring (bicyclic) bond motifs is 1. The predicted molar refractivity (Wildman–Crippen MR) is 174 cm³/mol. The van der Waals surface area contributed by atoms with Crippen LogP contribution in [-0.2, 0) is 29.0 Å². The van der Waals surface area contributed by atoms with Crippen LogP contribution >= 0.6 is 23.1 Å². The Kier molecular flexibility index (Phi) is 10.5. The largest absolute Gasteiger partial charge is 0.462 e. The van der Waals surface area contributed by atoms with Gasteiger partial charge in [0.15, 0.2) is 0 Å². The van der Waals surface area contributed by atoms with Gasteiger partial charge in [0.05, 0.1) is 23.0 Å². The zero-order valence-electron chi connectivity index (χ0n) is 24.6. The van der Waals surface area contributed by atoms with Gasteiger partial charge in [0, 0.05) is 35.1 Å². The second-order valence-electron chi connectivity index (χ2n) is 10.3. The highest BCUT2D eigenvalue weighted by Gasteiger charge is 2.31. The number of hydrogen-bond donors (Lipinski definition) is 2. The van der Waals surface area contributed by atoms with Crippen LogP contribution < -0.4 is 10.6 Å². The van der Waals surface area contributed by atoms with Gasteiger partial charge in [-0.25, -0.2) is 9.18 Å². The number of nitrogens with one attached hydrogen (secondary N) is 2. The maximum absolute atomic E-state index is 14.1. The van der Waals surface area contributed by atoms with E-state index < -0.39 is 22.9 Å². The smallest absolute Gasteiger partial charge is 0.341 e. The van der Waals surface area contributed by atoms with Crippen LogP contribution in [0.15, 0.2) is 83.8 Å². The molecule has 0 saturated carbocycles. The third kappa shape index (κ3) is 7.56. The molecule has 0 spiro atoms. The minimum atomic E-state index is -0.598. The summed E-state index contributed by atoms with van der Waals surface area (Å²) in [5, 5.41) is 5.83. The maximum Gasteiger partial charge on any atom is 0.341 e. The van der Waals surface area contributed by atoms with Gasteiger partial charge in [0.1, 0.15) is 10.8 Å². The molecule has 0 aliphatic carbocycles. The van der Waals surface area contributed by atoms with Crippen LogP contribution in [0.1, 0.15) is 57.0 Å². The number of nitrogens with zero attached hydrogens (tertiary/aromatic N) is 1. The van der Waals surface area contributed by atoms with Gasteiger partial charge < -0.3 is 15.4 Å². The quantitative estimate of drug-likeness (QED) is 0.133. The number of thiophene rings is 1. The molecule has 0 radical (unpaired) electrons. The molecule has 2 heterocycles. The van der Waals surface area contributed by atoms with E-state index in [9.17, 15) is 18.8 Å². The highest BCUT2D eigenvalue weighted by molar-refractivity contribution is 8.00. The molecule has 5 rings (SSSR count). The molecule has 2 N–H and O–H groups in total. The lowest BCUT2D eigenvalue weighted by molar-refractivity contribution is -0.115. The van der Waals surface area contributed by atoms with Gasteiger partial charge >= 0.3 is 5.97 Å². The molecule has 10 heteroatoms. The fraction of sp³-hybridized carbons (Fsp3) is 0.265. The summed E-state index contributed by atoms with van der Waals surface area (Å²) in [4.78, 5) is 43.5. The van der Waals surface area contributed by atoms with Gasteiger partial charge in [-0.05, 0) is 61.2 Å². The Morgan fingerprint density at radius 1 is 1.00 bits per heavy atom. The Labute approximate surface area is 264 Å². The maximum atomic E-state index is 14.1. The summed E-state index contributed by atoms with van der Waals surface area (Å²) in [6, 6.07) is 23.2. The molecule has 228 valence electrons. The summed E-state index contributed by atoms with van der Waals surface area (Å²) < 4.78 is 19.5. The first-order valence-electron chi connectivity index (χ1n) is 14.6. The number of amides is 2. The van der Waals surface area contributed by atoms with Gasteiger partial charge in [-0.15, -0.1) is 23.1 Å². The van der Waals surface area contributed by atoms with Gasteiger partial charge in [0.25, 0.3) is 5.91 Å². The molecular weight excluding hydrogens is 598 g/mol. The van der Waals surface area contributed by atoms with Crippen LogP contribution in [0.4, 0.5) is 15.1 Å². The van der Waals surface area contributed by atoms with Crippen molar-refractivity contribution in [3.8, 4) is 0 Å². The molecule has 7 nitrogen and oxygen atoms in total. The van der Waals surface area contributed by atoms with E-state index in [0.29, 0.717) is 35.6 Å². The second kappa shape index (κ2) is 14.7. The van der Waals surface area contributed by atoms with Crippen LogP contribution in [-0.4, -0.2) is 41.1 Å². The third-order valence-corrected chi connectivity index (χ3v) is 9.74. The summed E-state index contributed by atoms with van der Waals surface area (Å²) in [5.74, 6) is -1.79. The molecule has 0 bridgehead atoms. The van der Waals surface area contributed by atoms with Crippen LogP contribution in [0.25, 0.3) is 0 Å². The number of thioether (sulfide) groups is 1. The fourth-order valence-electron chi connectivity index (χ4n) is 5.11. The highest BCUT2D eigenvalue weighted by atomic mass is 32.2. The normalized spacial score (nSPS) is 13.5.